The van der Waals surface area contributed by atoms with E-state index in [0.29, 0.717) is 16.4 Å². The summed E-state index contributed by atoms with van der Waals surface area (Å²) in [6.45, 7) is 0. The van der Waals surface area contributed by atoms with E-state index >= 15 is 0 Å². The number of benzene rings is 1. The van der Waals surface area contributed by atoms with Gasteiger partial charge in [-0.2, -0.15) is 5.26 Å². The fourth-order valence-corrected chi connectivity index (χ4v) is 4.10. The first-order valence-electron chi connectivity index (χ1n) is 7.05. The van der Waals surface area contributed by atoms with Gasteiger partial charge in [0, 0.05) is 10.6 Å². The quantitative estimate of drug-likeness (QED) is 0.798. The second-order valence-electron chi connectivity index (χ2n) is 5.11. The molecule has 0 radical (unpaired) electrons. The maximum absolute atomic E-state index is 12.9. The van der Waals surface area contributed by atoms with Gasteiger partial charge < -0.3 is 10.6 Å². The minimum Gasteiger partial charge on any atom is -0.332 e. The maximum atomic E-state index is 12.9. The molecule has 0 saturated carbocycles. The molecule has 1 aromatic carbocycles. The number of thiophene rings is 1. The van der Waals surface area contributed by atoms with Crippen LogP contribution in [0.15, 0.2) is 24.3 Å². The van der Waals surface area contributed by atoms with Crippen LogP contribution in [-0.2, 0) is 12.8 Å². The summed E-state index contributed by atoms with van der Waals surface area (Å²) in [5.74, 6) is -0.290. The Morgan fingerprint density at radius 1 is 1.18 bits per heavy atom. The summed E-state index contributed by atoms with van der Waals surface area (Å²) in [4.78, 5) is 1.29. The lowest BCUT2D eigenvalue weighted by molar-refractivity contribution is 0.628. The third-order valence-electron chi connectivity index (χ3n) is 3.61. The lowest BCUT2D eigenvalue weighted by Crippen LogP contribution is -2.19. The predicted molar refractivity (Wildman–Crippen MR) is 91.9 cm³/mol. The second kappa shape index (κ2) is 6.42. The van der Waals surface area contributed by atoms with E-state index in [4.69, 9.17) is 12.2 Å². The van der Waals surface area contributed by atoms with Crippen LogP contribution in [-0.4, -0.2) is 5.11 Å². The van der Waals surface area contributed by atoms with Crippen molar-refractivity contribution < 1.29 is 4.39 Å². The Hall–Kier alpha value is -1.97. The van der Waals surface area contributed by atoms with Crippen molar-refractivity contribution in [3.05, 3.63) is 46.1 Å². The minimum atomic E-state index is -0.290. The van der Waals surface area contributed by atoms with Gasteiger partial charge in [0.05, 0.1) is 5.56 Å². The molecule has 0 fully saturated rings. The number of nitriles is 1. The van der Waals surface area contributed by atoms with Gasteiger partial charge in [-0.1, -0.05) is 0 Å². The summed E-state index contributed by atoms with van der Waals surface area (Å²) in [6, 6.07) is 8.27. The summed E-state index contributed by atoms with van der Waals surface area (Å²) in [7, 11) is 0. The zero-order valence-corrected chi connectivity index (χ0v) is 13.4. The first kappa shape index (κ1) is 14.9. The molecule has 0 aliphatic heterocycles. The van der Waals surface area contributed by atoms with Crippen molar-refractivity contribution in [2.24, 2.45) is 0 Å². The fraction of sp³-hybridized carbons (Fsp3) is 0.250. The largest absolute Gasteiger partial charge is 0.332 e. The first-order valence-corrected chi connectivity index (χ1v) is 8.28. The normalized spacial score (nSPS) is 13.1. The Kier molecular flexibility index (Phi) is 4.36. The molecule has 0 unspecified atom stereocenters. The van der Waals surface area contributed by atoms with E-state index in [1.54, 1.807) is 23.5 Å². The highest BCUT2D eigenvalue weighted by atomic mass is 32.1. The number of thiocarbonyl (C=S) groups is 1. The Morgan fingerprint density at radius 3 is 2.64 bits per heavy atom. The molecule has 0 spiro atoms. The molecule has 1 aromatic heterocycles. The van der Waals surface area contributed by atoms with Gasteiger partial charge in [-0.25, -0.2) is 4.39 Å². The summed E-state index contributed by atoms with van der Waals surface area (Å²) in [5, 5.41) is 16.7. The average molecular weight is 331 g/mol. The van der Waals surface area contributed by atoms with Crippen LogP contribution >= 0.6 is 23.6 Å². The molecule has 112 valence electrons. The van der Waals surface area contributed by atoms with E-state index in [1.807, 2.05) is 0 Å². The van der Waals surface area contributed by atoms with Crippen molar-refractivity contribution in [1.29, 1.82) is 5.26 Å². The van der Waals surface area contributed by atoms with Crippen molar-refractivity contribution >= 4 is 39.4 Å². The molecule has 0 amide bonds. The molecule has 2 aromatic rings. The third-order valence-corrected chi connectivity index (χ3v) is 5.02. The smallest absolute Gasteiger partial charge is 0.175 e. The molecular weight excluding hydrogens is 317 g/mol. The maximum Gasteiger partial charge on any atom is 0.175 e. The topological polar surface area (TPSA) is 47.9 Å². The number of aryl methyl sites for hydroxylation is 1. The highest BCUT2D eigenvalue weighted by Crippen LogP contribution is 2.37. The number of fused-ring (bicyclic) bond motifs is 1. The standard InChI is InChI=1S/C16H14FN3S2/c17-10-5-7-11(8-6-10)19-16(21)20-15-13(9-18)12-3-1-2-4-14(12)22-15/h5-8H,1-4H2,(H2,19,20,21). The number of nitrogens with zero attached hydrogens (tertiary/aromatic N) is 1. The highest BCUT2D eigenvalue weighted by molar-refractivity contribution is 7.80. The molecule has 1 heterocycles. The van der Waals surface area contributed by atoms with Crippen LogP contribution in [0.1, 0.15) is 28.8 Å². The molecular formula is C16H14FN3S2. The molecule has 0 atom stereocenters. The van der Waals surface area contributed by atoms with Crippen molar-refractivity contribution in [2.75, 3.05) is 10.6 Å². The number of halogens is 1. The molecule has 0 saturated heterocycles. The summed E-state index contributed by atoms with van der Waals surface area (Å²) in [5.41, 5.74) is 2.59. The van der Waals surface area contributed by atoms with Gasteiger partial charge in [0.15, 0.2) is 5.11 Å². The molecule has 0 bridgehead atoms. The van der Waals surface area contributed by atoms with Crippen LogP contribution < -0.4 is 10.6 Å². The van der Waals surface area contributed by atoms with Crippen molar-refractivity contribution in [3.8, 4) is 6.07 Å². The molecule has 3 rings (SSSR count). The highest BCUT2D eigenvalue weighted by Gasteiger charge is 2.21. The molecule has 6 heteroatoms. The zero-order chi connectivity index (χ0) is 15.5. The van der Waals surface area contributed by atoms with Crippen LogP contribution in [0.4, 0.5) is 15.1 Å². The number of hydrogen-bond acceptors (Lipinski definition) is 3. The number of nitrogens with one attached hydrogen (secondary N) is 2. The Morgan fingerprint density at radius 2 is 1.91 bits per heavy atom. The van der Waals surface area contributed by atoms with Gasteiger partial charge in [-0.3, -0.25) is 0 Å². The van der Waals surface area contributed by atoms with Crippen LogP contribution in [0.25, 0.3) is 0 Å². The van der Waals surface area contributed by atoms with Crippen molar-refractivity contribution in [1.82, 2.24) is 0 Å². The molecule has 1 aliphatic rings. The average Bonchev–Trinajstić information content (AvgIpc) is 2.86. The Bertz CT molecular complexity index is 744. The van der Waals surface area contributed by atoms with Gasteiger partial charge >= 0.3 is 0 Å². The van der Waals surface area contributed by atoms with Crippen molar-refractivity contribution in [2.45, 2.75) is 25.7 Å². The fourth-order valence-electron chi connectivity index (χ4n) is 2.57. The van der Waals surface area contributed by atoms with Crippen molar-refractivity contribution in [3.63, 3.8) is 0 Å². The number of anilines is 2. The summed E-state index contributed by atoms with van der Waals surface area (Å²) >= 11 is 6.89. The third kappa shape index (κ3) is 3.11. The van der Waals surface area contributed by atoms with E-state index in [1.165, 1.54) is 29.0 Å². The van der Waals surface area contributed by atoms with E-state index in [9.17, 15) is 9.65 Å². The number of rotatable bonds is 2. The SMILES string of the molecule is N#Cc1c(NC(=S)Nc2ccc(F)cc2)sc2c1CCCC2. The van der Waals surface area contributed by atoms with E-state index < -0.39 is 0 Å². The van der Waals surface area contributed by atoms with Crippen LogP contribution in [0.2, 0.25) is 0 Å². The van der Waals surface area contributed by atoms with E-state index in [2.05, 4.69) is 16.7 Å². The lowest BCUT2D eigenvalue weighted by atomic mass is 9.96. The molecule has 3 nitrogen and oxygen atoms in total. The molecule has 2 N–H and O–H groups in total. The molecule has 1 aliphatic carbocycles. The van der Waals surface area contributed by atoms with Crippen LogP contribution in [0.5, 0.6) is 0 Å². The Labute approximate surface area is 137 Å². The van der Waals surface area contributed by atoms with E-state index in [0.717, 1.165) is 24.3 Å². The van der Waals surface area contributed by atoms with Crippen LogP contribution in [0.3, 0.4) is 0 Å². The minimum absolute atomic E-state index is 0.290. The summed E-state index contributed by atoms with van der Waals surface area (Å²) < 4.78 is 12.9. The van der Waals surface area contributed by atoms with E-state index in [-0.39, 0.29) is 5.82 Å². The second-order valence-corrected chi connectivity index (χ2v) is 6.63. The first-order chi connectivity index (χ1) is 10.7. The monoisotopic (exact) mass is 331 g/mol. The Balaban J connectivity index is 1.75. The van der Waals surface area contributed by atoms with Gasteiger partial charge in [0.2, 0.25) is 0 Å². The zero-order valence-electron chi connectivity index (χ0n) is 11.8. The number of hydrogen-bond donors (Lipinski definition) is 2. The van der Waals surface area contributed by atoms with Gasteiger partial charge in [-0.15, -0.1) is 11.3 Å². The van der Waals surface area contributed by atoms with Crippen LogP contribution in [0, 0.1) is 17.1 Å². The predicted octanol–water partition coefficient (Wildman–Crippen LogP) is 4.45. The van der Waals surface area contributed by atoms with Gasteiger partial charge in [0.1, 0.15) is 16.9 Å². The molecule has 22 heavy (non-hydrogen) atoms. The lowest BCUT2D eigenvalue weighted by Gasteiger charge is -2.10. The van der Waals surface area contributed by atoms with Gasteiger partial charge in [0.25, 0.3) is 0 Å². The summed E-state index contributed by atoms with van der Waals surface area (Å²) in [6.07, 6.45) is 4.31. The van der Waals surface area contributed by atoms with Gasteiger partial charge in [-0.05, 0) is 67.7 Å².